The molecule has 20 heavy (non-hydrogen) atoms. The van der Waals surface area contributed by atoms with Crippen molar-refractivity contribution in [3.05, 3.63) is 41.5 Å². The molecule has 0 radical (unpaired) electrons. The van der Waals surface area contributed by atoms with Gasteiger partial charge in [0.1, 0.15) is 18.1 Å². The van der Waals surface area contributed by atoms with Gasteiger partial charge in [-0.2, -0.15) is 5.10 Å². The predicted octanol–water partition coefficient (Wildman–Crippen LogP) is 2.50. The third-order valence-corrected chi connectivity index (χ3v) is 3.07. The molecular weight excluding hydrogens is 254 g/mol. The molecule has 0 unspecified atom stereocenters. The summed E-state index contributed by atoms with van der Waals surface area (Å²) >= 11 is 0. The summed E-state index contributed by atoms with van der Waals surface area (Å²) in [4.78, 5) is 15.0. The van der Waals surface area contributed by atoms with Gasteiger partial charge in [0.2, 0.25) is 0 Å². The van der Waals surface area contributed by atoms with Gasteiger partial charge in [0, 0.05) is 0 Å². The van der Waals surface area contributed by atoms with Crippen molar-refractivity contribution in [3.63, 3.8) is 0 Å². The maximum absolute atomic E-state index is 10.9. The van der Waals surface area contributed by atoms with Crippen LogP contribution >= 0.6 is 0 Å². The van der Waals surface area contributed by atoms with E-state index in [9.17, 15) is 4.79 Å². The van der Waals surface area contributed by atoms with Crippen molar-refractivity contribution in [2.75, 3.05) is 0 Å². The third-order valence-electron chi connectivity index (χ3n) is 3.07. The highest BCUT2D eigenvalue weighted by Gasteiger charge is 2.15. The van der Waals surface area contributed by atoms with Gasteiger partial charge in [-0.1, -0.05) is 32.9 Å². The van der Waals surface area contributed by atoms with Crippen LogP contribution in [0.5, 0.6) is 0 Å². The van der Waals surface area contributed by atoms with Crippen LogP contribution in [0.3, 0.4) is 0 Å². The zero-order valence-electron chi connectivity index (χ0n) is 12.2. The highest BCUT2D eigenvalue weighted by atomic mass is 16.4. The van der Waals surface area contributed by atoms with E-state index in [1.807, 2.05) is 24.3 Å². The fraction of sp³-hybridized carbons (Fsp3) is 0.400. The van der Waals surface area contributed by atoms with Crippen LogP contribution in [0.4, 0.5) is 0 Å². The van der Waals surface area contributed by atoms with E-state index in [1.165, 1.54) is 5.56 Å². The largest absolute Gasteiger partial charge is 0.481 e. The van der Waals surface area contributed by atoms with Crippen LogP contribution in [0.25, 0.3) is 5.69 Å². The van der Waals surface area contributed by atoms with Gasteiger partial charge < -0.3 is 5.11 Å². The molecule has 1 heterocycles. The SMILES string of the molecule is Cc1nc(CC(=O)O)n(-c2ccc(C(C)(C)C)cc2)n1. The lowest BCUT2D eigenvalue weighted by Gasteiger charge is -2.19. The zero-order valence-corrected chi connectivity index (χ0v) is 12.2. The van der Waals surface area contributed by atoms with E-state index < -0.39 is 5.97 Å². The van der Waals surface area contributed by atoms with Gasteiger partial charge in [-0.3, -0.25) is 4.79 Å². The Labute approximate surface area is 118 Å². The van der Waals surface area contributed by atoms with E-state index in [4.69, 9.17) is 5.11 Å². The summed E-state index contributed by atoms with van der Waals surface area (Å²) in [6.45, 7) is 8.21. The van der Waals surface area contributed by atoms with Crippen LogP contribution in [0.1, 0.15) is 38.0 Å². The van der Waals surface area contributed by atoms with E-state index in [2.05, 4.69) is 30.9 Å². The zero-order chi connectivity index (χ0) is 14.9. The van der Waals surface area contributed by atoms with Gasteiger partial charge in [0.05, 0.1) is 5.69 Å². The molecule has 0 aliphatic heterocycles. The number of rotatable bonds is 3. The first-order valence-electron chi connectivity index (χ1n) is 6.52. The summed E-state index contributed by atoms with van der Waals surface area (Å²) in [6, 6.07) is 7.97. The number of nitrogens with zero attached hydrogens (tertiary/aromatic N) is 3. The first kappa shape index (κ1) is 14.2. The Balaban J connectivity index is 2.39. The molecule has 0 bridgehead atoms. The topological polar surface area (TPSA) is 68.0 Å². The van der Waals surface area contributed by atoms with E-state index in [0.29, 0.717) is 11.6 Å². The maximum atomic E-state index is 10.9. The molecule has 0 amide bonds. The van der Waals surface area contributed by atoms with Crippen LogP contribution in [0, 0.1) is 6.92 Å². The lowest BCUT2D eigenvalue weighted by molar-refractivity contribution is -0.136. The number of benzene rings is 1. The highest BCUT2D eigenvalue weighted by Crippen LogP contribution is 2.23. The van der Waals surface area contributed by atoms with Crippen molar-refractivity contribution in [2.24, 2.45) is 0 Å². The fourth-order valence-corrected chi connectivity index (χ4v) is 2.02. The van der Waals surface area contributed by atoms with Gasteiger partial charge in [0.15, 0.2) is 0 Å². The molecule has 0 aliphatic rings. The number of carbonyl (C=O) groups is 1. The number of carboxylic acid groups (broad SMARTS) is 1. The average Bonchev–Trinajstić information content (AvgIpc) is 2.68. The molecule has 1 N–H and O–H groups in total. The quantitative estimate of drug-likeness (QED) is 0.933. The van der Waals surface area contributed by atoms with Crippen molar-refractivity contribution in [2.45, 2.75) is 39.5 Å². The Bertz CT molecular complexity index is 622. The Morgan fingerprint density at radius 1 is 1.25 bits per heavy atom. The Kier molecular flexibility index (Phi) is 3.61. The van der Waals surface area contributed by atoms with Crippen LogP contribution in [0.2, 0.25) is 0 Å². The number of hydrogen-bond acceptors (Lipinski definition) is 3. The van der Waals surface area contributed by atoms with Crippen molar-refractivity contribution >= 4 is 5.97 Å². The molecule has 2 aromatic rings. The molecule has 0 saturated heterocycles. The molecule has 5 heteroatoms. The van der Waals surface area contributed by atoms with E-state index in [0.717, 1.165) is 5.69 Å². The molecule has 2 rings (SSSR count). The molecule has 1 aromatic carbocycles. The maximum Gasteiger partial charge on any atom is 0.311 e. The minimum Gasteiger partial charge on any atom is -0.481 e. The molecule has 106 valence electrons. The van der Waals surface area contributed by atoms with Crippen molar-refractivity contribution in [1.29, 1.82) is 0 Å². The first-order chi connectivity index (χ1) is 9.27. The highest BCUT2D eigenvalue weighted by molar-refractivity contribution is 5.69. The monoisotopic (exact) mass is 273 g/mol. The second-order valence-corrected chi connectivity index (χ2v) is 5.85. The summed E-state index contributed by atoms with van der Waals surface area (Å²) in [6.07, 6.45) is -0.137. The fourth-order valence-electron chi connectivity index (χ4n) is 2.02. The van der Waals surface area contributed by atoms with Gasteiger partial charge in [-0.05, 0) is 30.0 Å². The number of hydrogen-bond donors (Lipinski definition) is 1. The lowest BCUT2D eigenvalue weighted by Crippen LogP contribution is -2.12. The molecule has 0 spiro atoms. The van der Waals surface area contributed by atoms with Crippen molar-refractivity contribution in [3.8, 4) is 5.69 Å². The minimum atomic E-state index is -0.912. The summed E-state index contributed by atoms with van der Waals surface area (Å²) < 4.78 is 1.59. The van der Waals surface area contributed by atoms with Crippen molar-refractivity contribution in [1.82, 2.24) is 14.8 Å². The lowest BCUT2D eigenvalue weighted by atomic mass is 9.87. The molecule has 0 aliphatic carbocycles. The summed E-state index contributed by atoms with van der Waals surface area (Å²) in [7, 11) is 0. The second kappa shape index (κ2) is 5.07. The number of aliphatic carboxylic acids is 1. The number of carboxylic acids is 1. The number of aryl methyl sites for hydroxylation is 1. The van der Waals surface area contributed by atoms with Gasteiger partial charge in [-0.25, -0.2) is 9.67 Å². The van der Waals surface area contributed by atoms with E-state index >= 15 is 0 Å². The number of aromatic nitrogens is 3. The van der Waals surface area contributed by atoms with Crippen LogP contribution < -0.4 is 0 Å². The van der Waals surface area contributed by atoms with E-state index in [-0.39, 0.29) is 11.8 Å². The van der Waals surface area contributed by atoms with Crippen LogP contribution in [0.15, 0.2) is 24.3 Å². The summed E-state index contributed by atoms with van der Waals surface area (Å²) in [5.74, 6) is 0.101. The van der Waals surface area contributed by atoms with Crippen LogP contribution in [-0.2, 0) is 16.6 Å². The van der Waals surface area contributed by atoms with Crippen LogP contribution in [-0.4, -0.2) is 25.8 Å². The Morgan fingerprint density at radius 2 is 1.85 bits per heavy atom. The third kappa shape index (κ3) is 3.04. The minimum absolute atomic E-state index is 0.0840. The van der Waals surface area contributed by atoms with Gasteiger partial charge in [-0.15, -0.1) is 0 Å². The standard InChI is InChI=1S/C15H19N3O2/c1-10-16-13(9-14(19)20)18(17-10)12-7-5-11(6-8-12)15(2,3)4/h5-8H,9H2,1-4H3,(H,19,20). The molecule has 1 aromatic heterocycles. The first-order valence-corrected chi connectivity index (χ1v) is 6.52. The smallest absolute Gasteiger partial charge is 0.311 e. The molecule has 0 saturated carbocycles. The molecule has 5 nitrogen and oxygen atoms in total. The average molecular weight is 273 g/mol. The normalized spacial score (nSPS) is 11.6. The van der Waals surface area contributed by atoms with E-state index in [1.54, 1.807) is 11.6 Å². The molecule has 0 atom stereocenters. The Morgan fingerprint density at radius 3 is 2.35 bits per heavy atom. The summed E-state index contributed by atoms with van der Waals surface area (Å²) in [5.41, 5.74) is 2.13. The van der Waals surface area contributed by atoms with Crippen molar-refractivity contribution < 1.29 is 9.90 Å². The molecular formula is C15H19N3O2. The Hall–Kier alpha value is -2.17. The second-order valence-electron chi connectivity index (χ2n) is 5.85. The predicted molar refractivity (Wildman–Crippen MR) is 76.1 cm³/mol. The van der Waals surface area contributed by atoms with Gasteiger partial charge >= 0.3 is 5.97 Å². The summed E-state index contributed by atoms with van der Waals surface area (Å²) in [5, 5.41) is 13.2. The van der Waals surface area contributed by atoms with Gasteiger partial charge in [0.25, 0.3) is 0 Å². The molecule has 0 fully saturated rings.